The van der Waals surface area contributed by atoms with Crippen molar-refractivity contribution in [2.75, 3.05) is 0 Å². The van der Waals surface area contributed by atoms with Gasteiger partial charge in [0.2, 0.25) is 0 Å². The molecule has 130 valence electrons. The SMILES string of the molecule is CCC(C)c1nccc(-c2cc(C(F)(F)F)cc(C(F)(F)F)c2)n1. The summed E-state index contributed by atoms with van der Waals surface area (Å²) >= 11 is 0. The lowest BCUT2D eigenvalue weighted by atomic mass is 10.0. The molecular weight excluding hydrogens is 334 g/mol. The summed E-state index contributed by atoms with van der Waals surface area (Å²) < 4.78 is 77.5. The molecule has 0 N–H and O–H groups in total. The number of hydrogen-bond donors (Lipinski definition) is 0. The zero-order valence-electron chi connectivity index (χ0n) is 12.8. The van der Waals surface area contributed by atoms with Crippen LogP contribution in [-0.4, -0.2) is 9.97 Å². The molecule has 0 aliphatic heterocycles. The maximum atomic E-state index is 12.9. The van der Waals surface area contributed by atoms with Gasteiger partial charge in [-0.05, 0) is 30.7 Å². The van der Waals surface area contributed by atoms with Crippen LogP contribution in [0.15, 0.2) is 30.5 Å². The van der Waals surface area contributed by atoms with Crippen molar-refractivity contribution >= 4 is 0 Å². The van der Waals surface area contributed by atoms with Crippen LogP contribution < -0.4 is 0 Å². The van der Waals surface area contributed by atoms with Crippen molar-refractivity contribution in [1.29, 1.82) is 0 Å². The Hall–Kier alpha value is -2.12. The summed E-state index contributed by atoms with van der Waals surface area (Å²) in [6.45, 7) is 3.71. The van der Waals surface area contributed by atoms with Gasteiger partial charge >= 0.3 is 12.4 Å². The van der Waals surface area contributed by atoms with Gasteiger partial charge in [0.25, 0.3) is 0 Å². The van der Waals surface area contributed by atoms with Gasteiger partial charge in [0, 0.05) is 17.7 Å². The molecule has 0 saturated heterocycles. The summed E-state index contributed by atoms with van der Waals surface area (Å²) in [7, 11) is 0. The highest BCUT2D eigenvalue weighted by Gasteiger charge is 2.37. The van der Waals surface area contributed by atoms with E-state index >= 15 is 0 Å². The summed E-state index contributed by atoms with van der Waals surface area (Å²) in [4.78, 5) is 8.14. The van der Waals surface area contributed by atoms with E-state index in [1.807, 2.05) is 13.8 Å². The standard InChI is InChI=1S/C16H14F6N2/c1-3-9(2)14-23-5-4-13(24-14)10-6-11(15(17,18)19)8-12(7-10)16(20,21)22/h4-9H,3H2,1-2H3. The molecule has 0 fully saturated rings. The second kappa shape index (κ2) is 6.41. The lowest BCUT2D eigenvalue weighted by molar-refractivity contribution is -0.143. The topological polar surface area (TPSA) is 25.8 Å². The summed E-state index contributed by atoms with van der Waals surface area (Å²) in [6, 6.07) is 2.72. The Morgan fingerprint density at radius 2 is 1.50 bits per heavy atom. The van der Waals surface area contributed by atoms with Crippen LogP contribution in [0.4, 0.5) is 26.3 Å². The van der Waals surface area contributed by atoms with Crippen LogP contribution in [-0.2, 0) is 12.4 Å². The third-order valence-electron chi connectivity index (χ3n) is 3.61. The molecule has 0 bridgehead atoms. The van der Waals surface area contributed by atoms with Crippen molar-refractivity contribution in [3.05, 3.63) is 47.4 Å². The number of rotatable bonds is 3. The molecule has 1 aromatic carbocycles. The second-order valence-electron chi connectivity index (χ2n) is 5.40. The quantitative estimate of drug-likeness (QED) is 0.666. The first-order chi connectivity index (χ1) is 11.0. The zero-order valence-corrected chi connectivity index (χ0v) is 12.8. The van der Waals surface area contributed by atoms with E-state index in [1.165, 1.54) is 12.3 Å². The second-order valence-corrected chi connectivity index (χ2v) is 5.40. The van der Waals surface area contributed by atoms with Crippen molar-refractivity contribution in [1.82, 2.24) is 9.97 Å². The summed E-state index contributed by atoms with van der Waals surface area (Å²) in [6.07, 6.45) is -7.75. The van der Waals surface area contributed by atoms with Crippen molar-refractivity contribution < 1.29 is 26.3 Å². The van der Waals surface area contributed by atoms with E-state index < -0.39 is 23.5 Å². The molecule has 8 heteroatoms. The minimum atomic E-state index is -4.89. The highest BCUT2D eigenvalue weighted by molar-refractivity contribution is 5.61. The van der Waals surface area contributed by atoms with Crippen LogP contribution in [0.5, 0.6) is 0 Å². The number of nitrogens with zero attached hydrogens (tertiary/aromatic N) is 2. The minimum absolute atomic E-state index is 0.0249. The fourth-order valence-electron chi connectivity index (χ4n) is 2.06. The summed E-state index contributed by atoms with van der Waals surface area (Å²) in [5.74, 6) is 0.318. The van der Waals surface area contributed by atoms with Gasteiger partial charge in [-0.3, -0.25) is 0 Å². The predicted molar refractivity (Wildman–Crippen MR) is 76.2 cm³/mol. The molecule has 0 radical (unpaired) electrons. The first-order valence-corrected chi connectivity index (χ1v) is 7.15. The van der Waals surface area contributed by atoms with E-state index in [2.05, 4.69) is 9.97 Å². The number of alkyl halides is 6. The minimum Gasteiger partial charge on any atom is -0.241 e. The number of halogens is 6. The smallest absolute Gasteiger partial charge is 0.241 e. The average Bonchev–Trinajstić information content (AvgIpc) is 2.52. The van der Waals surface area contributed by atoms with E-state index in [0.29, 0.717) is 24.4 Å². The van der Waals surface area contributed by atoms with E-state index in [9.17, 15) is 26.3 Å². The Bertz CT molecular complexity index is 689. The third-order valence-corrected chi connectivity index (χ3v) is 3.61. The third kappa shape index (κ3) is 4.04. The molecule has 2 rings (SSSR count). The average molecular weight is 348 g/mol. The van der Waals surface area contributed by atoms with Crippen molar-refractivity contribution in [3.8, 4) is 11.3 Å². The van der Waals surface area contributed by atoms with Crippen LogP contribution in [0.25, 0.3) is 11.3 Å². The molecule has 2 aromatic rings. The predicted octanol–water partition coefficient (Wildman–Crippen LogP) is 5.69. The Morgan fingerprint density at radius 1 is 0.958 bits per heavy atom. The Morgan fingerprint density at radius 3 is 1.96 bits per heavy atom. The molecular formula is C16H14F6N2. The van der Waals surface area contributed by atoms with E-state index in [-0.39, 0.29) is 23.2 Å². The van der Waals surface area contributed by atoms with Gasteiger partial charge in [-0.1, -0.05) is 13.8 Å². The lowest BCUT2D eigenvalue weighted by Gasteiger charge is -2.15. The van der Waals surface area contributed by atoms with Crippen LogP contribution in [0.3, 0.4) is 0 Å². The molecule has 1 heterocycles. The summed E-state index contributed by atoms with van der Waals surface area (Å²) in [5.41, 5.74) is -2.95. The highest BCUT2D eigenvalue weighted by Crippen LogP contribution is 2.38. The maximum Gasteiger partial charge on any atom is 0.416 e. The summed E-state index contributed by atoms with van der Waals surface area (Å²) in [5, 5.41) is 0. The zero-order chi connectivity index (χ0) is 18.1. The molecule has 1 atom stereocenters. The Balaban J connectivity index is 2.62. The van der Waals surface area contributed by atoms with Gasteiger partial charge < -0.3 is 0 Å². The maximum absolute atomic E-state index is 12.9. The van der Waals surface area contributed by atoms with Crippen molar-refractivity contribution in [2.45, 2.75) is 38.5 Å². The first kappa shape index (κ1) is 18.2. The molecule has 0 saturated carbocycles. The normalized spacial score (nSPS) is 13.8. The van der Waals surface area contributed by atoms with Gasteiger partial charge in [-0.2, -0.15) is 26.3 Å². The molecule has 0 aliphatic rings. The van der Waals surface area contributed by atoms with Crippen molar-refractivity contribution in [3.63, 3.8) is 0 Å². The van der Waals surface area contributed by atoms with Gasteiger partial charge in [0.15, 0.2) is 0 Å². The molecule has 2 nitrogen and oxygen atoms in total. The Kier molecular flexibility index (Phi) is 4.87. The van der Waals surface area contributed by atoms with Crippen LogP contribution in [0, 0.1) is 0 Å². The highest BCUT2D eigenvalue weighted by atomic mass is 19.4. The van der Waals surface area contributed by atoms with Gasteiger partial charge in [0.1, 0.15) is 5.82 Å². The fourth-order valence-corrected chi connectivity index (χ4v) is 2.06. The monoisotopic (exact) mass is 348 g/mol. The molecule has 0 amide bonds. The van der Waals surface area contributed by atoms with E-state index in [0.717, 1.165) is 0 Å². The van der Waals surface area contributed by atoms with E-state index in [1.54, 1.807) is 0 Å². The van der Waals surface area contributed by atoms with Crippen LogP contribution >= 0.6 is 0 Å². The number of aromatic nitrogens is 2. The molecule has 24 heavy (non-hydrogen) atoms. The largest absolute Gasteiger partial charge is 0.416 e. The van der Waals surface area contributed by atoms with Gasteiger partial charge in [-0.15, -0.1) is 0 Å². The van der Waals surface area contributed by atoms with Crippen molar-refractivity contribution in [2.24, 2.45) is 0 Å². The van der Waals surface area contributed by atoms with E-state index in [4.69, 9.17) is 0 Å². The number of hydrogen-bond acceptors (Lipinski definition) is 2. The first-order valence-electron chi connectivity index (χ1n) is 7.15. The molecule has 1 aromatic heterocycles. The van der Waals surface area contributed by atoms with Crippen LogP contribution in [0.1, 0.15) is 43.1 Å². The lowest BCUT2D eigenvalue weighted by Crippen LogP contribution is -2.11. The molecule has 0 aliphatic carbocycles. The van der Waals surface area contributed by atoms with Gasteiger partial charge in [-0.25, -0.2) is 9.97 Å². The fraction of sp³-hybridized carbons (Fsp3) is 0.375. The molecule has 0 spiro atoms. The number of benzene rings is 1. The van der Waals surface area contributed by atoms with Crippen LogP contribution in [0.2, 0.25) is 0 Å². The molecule has 1 unspecified atom stereocenters. The van der Waals surface area contributed by atoms with Gasteiger partial charge in [0.05, 0.1) is 16.8 Å². The Labute approximate surface area is 134 Å².